The normalized spacial score (nSPS) is 13.3. The average Bonchev–Trinajstić information content (AvgIpc) is 2.84. The first-order chi connectivity index (χ1) is 9.63. The summed E-state index contributed by atoms with van der Waals surface area (Å²) in [6.45, 7) is 1.75. The molecule has 0 aliphatic carbocycles. The summed E-state index contributed by atoms with van der Waals surface area (Å²) in [5.74, 6) is -0.872. The summed E-state index contributed by atoms with van der Waals surface area (Å²) in [6, 6.07) is 13.6. The monoisotopic (exact) mass is 331 g/mol. The lowest BCUT2D eigenvalue weighted by molar-refractivity contribution is 0.0697. The van der Waals surface area contributed by atoms with Crippen LogP contribution in [0.2, 0.25) is 0 Å². The molecule has 0 fully saturated rings. The molecule has 1 N–H and O–H groups in total. The van der Waals surface area contributed by atoms with Gasteiger partial charge in [0, 0.05) is 23.2 Å². The molecule has 0 unspecified atom stereocenters. The maximum Gasteiger partial charge on any atom is 0.335 e. The number of benzene rings is 2. The minimum Gasteiger partial charge on any atom is -0.478 e. The minimum atomic E-state index is -0.872. The van der Waals surface area contributed by atoms with Crippen molar-refractivity contribution < 1.29 is 9.90 Å². The van der Waals surface area contributed by atoms with Crippen LogP contribution in [-0.4, -0.2) is 17.6 Å². The third kappa shape index (κ3) is 2.56. The Hall–Kier alpha value is -1.81. The van der Waals surface area contributed by atoms with E-state index in [1.807, 2.05) is 18.2 Å². The molecule has 2 aromatic carbocycles. The molecule has 0 bridgehead atoms. The van der Waals surface area contributed by atoms with Crippen LogP contribution in [0.5, 0.6) is 0 Å². The van der Waals surface area contributed by atoms with Crippen molar-refractivity contribution >= 4 is 27.6 Å². The Kier molecular flexibility index (Phi) is 3.49. The standard InChI is InChI=1S/C16H14BrNO2/c17-14-5-1-11(2-6-14)10-18-8-7-12-3-4-13(16(19)20)9-15(12)18/h1-6,9H,7-8,10H2,(H,19,20). The molecule has 4 heteroatoms. The van der Waals surface area contributed by atoms with Crippen LogP contribution in [0.25, 0.3) is 0 Å². The first-order valence-electron chi connectivity index (χ1n) is 6.49. The number of hydrogen-bond acceptors (Lipinski definition) is 2. The van der Waals surface area contributed by atoms with Gasteiger partial charge in [-0.3, -0.25) is 0 Å². The molecular formula is C16H14BrNO2. The number of carboxylic acid groups (broad SMARTS) is 1. The van der Waals surface area contributed by atoms with Gasteiger partial charge in [0.2, 0.25) is 0 Å². The summed E-state index contributed by atoms with van der Waals surface area (Å²) in [6.07, 6.45) is 0.978. The smallest absolute Gasteiger partial charge is 0.335 e. The van der Waals surface area contributed by atoms with Gasteiger partial charge in [0.15, 0.2) is 0 Å². The number of carboxylic acids is 1. The van der Waals surface area contributed by atoms with Crippen LogP contribution < -0.4 is 4.90 Å². The zero-order chi connectivity index (χ0) is 14.1. The third-order valence-electron chi connectivity index (χ3n) is 3.61. The fourth-order valence-corrected chi connectivity index (χ4v) is 2.82. The lowest BCUT2D eigenvalue weighted by Gasteiger charge is -2.20. The van der Waals surface area contributed by atoms with E-state index in [1.165, 1.54) is 11.1 Å². The summed E-state index contributed by atoms with van der Waals surface area (Å²) >= 11 is 3.43. The van der Waals surface area contributed by atoms with E-state index in [1.54, 1.807) is 12.1 Å². The number of nitrogens with zero attached hydrogens (tertiary/aromatic N) is 1. The van der Waals surface area contributed by atoms with Crippen molar-refractivity contribution in [2.75, 3.05) is 11.4 Å². The van der Waals surface area contributed by atoms with Crippen molar-refractivity contribution in [2.45, 2.75) is 13.0 Å². The summed E-state index contributed by atoms with van der Waals surface area (Å²) < 4.78 is 1.07. The molecule has 20 heavy (non-hydrogen) atoms. The quantitative estimate of drug-likeness (QED) is 0.931. The van der Waals surface area contributed by atoms with E-state index in [0.717, 1.165) is 29.7 Å². The van der Waals surface area contributed by atoms with Gasteiger partial charge in [-0.05, 0) is 41.8 Å². The number of anilines is 1. The molecule has 0 radical (unpaired) electrons. The van der Waals surface area contributed by atoms with E-state index in [9.17, 15) is 4.79 Å². The predicted molar refractivity (Wildman–Crippen MR) is 82.3 cm³/mol. The number of carbonyl (C=O) groups is 1. The second-order valence-corrected chi connectivity index (χ2v) is 5.86. The second-order valence-electron chi connectivity index (χ2n) is 4.95. The number of rotatable bonds is 3. The summed E-state index contributed by atoms with van der Waals surface area (Å²) in [4.78, 5) is 13.3. The van der Waals surface area contributed by atoms with Gasteiger partial charge >= 0.3 is 5.97 Å². The van der Waals surface area contributed by atoms with E-state index in [-0.39, 0.29) is 0 Å². The largest absolute Gasteiger partial charge is 0.478 e. The summed E-state index contributed by atoms with van der Waals surface area (Å²) in [5.41, 5.74) is 3.85. The fourth-order valence-electron chi connectivity index (χ4n) is 2.55. The van der Waals surface area contributed by atoms with Crippen LogP contribution in [-0.2, 0) is 13.0 Å². The molecule has 0 saturated heterocycles. The molecule has 2 aromatic rings. The summed E-state index contributed by atoms with van der Waals surface area (Å²) in [5, 5.41) is 9.10. The maximum absolute atomic E-state index is 11.1. The van der Waals surface area contributed by atoms with Gasteiger partial charge < -0.3 is 10.0 Å². The zero-order valence-corrected chi connectivity index (χ0v) is 12.4. The van der Waals surface area contributed by atoms with Crippen molar-refractivity contribution in [1.82, 2.24) is 0 Å². The van der Waals surface area contributed by atoms with Crippen molar-refractivity contribution in [3.8, 4) is 0 Å². The second kappa shape index (κ2) is 5.29. The Morgan fingerprint density at radius 2 is 1.95 bits per heavy atom. The van der Waals surface area contributed by atoms with E-state index in [0.29, 0.717) is 5.56 Å². The minimum absolute atomic E-state index is 0.353. The molecule has 0 atom stereocenters. The Morgan fingerprint density at radius 1 is 1.20 bits per heavy atom. The zero-order valence-electron chi connectivity index (χ0n) is 10.8. The van der Waals surface area contributed by atoms with Gasteiger partial charge in [-0.25, -0.2) is 4.79 Å². The third-order valence-corrected chi connectivity index (χ3v) is 4.14. The van der Waals surface area contributed by atoms with Crippen LogP contribution in [0, 0.1) is 0 Å². The highest BCUT2D eigenvalue weighted by molar-refractivity contribution is 9.10. The van der Waals surface area contributed by atoms with Crippen molar-refractivity contribution in [3.05, 3.63) is 63.6 Å². The van der Waals surface area contributed by atoms with Crippen molar-refractivity contribution in [2.24, 2.45) is 0 Å². The van der Waals surface area contributed by atoms with Gasteiger partial charge in [0.25, 0.3) is 0 Å². The molecule has 0 amide bonds. The molecule has 102 valence electrons. The van der Waals surface area contributed by atoms with Gasteiger partial charge in [-0.15, -0.1) is 0 Å². The Labute approximate surface area is 126 Å². The maximum atomic E-state index is 11.1. The van der Waals surface area contributed by atoms with Crippen LogP contribution in [0.15, 0.2) is 46.9 Å². The first-order valence-corrected chi connectivity index (χ1v) is 7.28. The molecule has 1 aliphatic rings. The molecule has 3 rings (SSSR count). The van der Waals surface area contributed by atoms with E-state index in [4.69, 9.17) is 5.11 Å². The lowest BCUT2D eigenvalue weighted by atomic mass is 10.1. The van der Waals surface area contributed by atoms with Gasteiger partial charge in [0.1, 0.15) is 0 Å². The number of aromatic carboxylic acids is 1. The molecule has 0 spiro atoms. The Morgan fingerprint density at radius 3 is 2.65 bits per heavy atom. The van der Waals surface area contributed by atoms with E-state index < -0.39 is 5.97 Å². The average molecular weight is 332 g/mol. The van der Waals surface area contributed by atoms with Crippen LogP contribution in [0.4, 0.5) is 5.69 Å². The number of fused-ring (bicyclic) bond motifs is 1. The van der Waals surface area contributed by atoms with Crippen LogP contribution in [0.1, 0.15) is 21.5 Å². The van der Waals surface area contributed by atoms with Gasteiger partial charge in [-0.1, -0.05) is 34.1 Å². The van der Waals surface area contributed by atoms with E-state index in [2.05, 4.69) is 33.0 Å². The van der Waals surface area contributed by atoms with Crippen LogP contribution >= 0.6 is 15.9 Å². The SMILES string of the molecule is O=C(O)c1ccc2c(c1)N(Cc1ccc(Br)cc1)CC2. The highest BCUT2D eigenvalue weighted by Crippen LogP contribution is 2.30. The van der Waals surface area contributed by atoms with E-state index >= 15 is 0 Å². The lowest BCUT2D eigenvalue weighted by Crippen LogP contribution is -2.19. The number of halogens is 1. The van der Waals surface area contributed by atoms with Crippen LogP contribution in [0.3, 0.4) is 0 Å². The Balaban J connectivity index is 1.86. The molecule has 0 aromatic heterocycles. The van der Waals surface area contributed by atoms with Crippen molar-refractivity contribution in [3.63, 3.8) is 0 Å². The predicted octanol–water partition coefficient (Wildman–Crippen LogP) is 3.71. The van der Waals surface area contributed by atoms with Crippen molar-refractivity contribution in [1.29, 1.82) is 0 Å². The molecule has 0 saturated carbocycles. The molecule has 3 nitrogen and oxygen atoms in total. The fraction of sp³-hybridized carbons (Fsp3) is 0.188. The summed E-state index contributed by atoms with van der Waals surface area (Å²) in [7, 11) is 0. The van der Waals surface area contributed by atoms with Gasteiger partial charge in [0.05, 0.1) is 5.56 Å². The molecule has 1 heterocycles. The first kappa shape index (κ1) is 13.2. The van der Waals surface area contributed by atoms with Gasteiger partial charge in [-0.2, -0.15) is 0 Å². The highest BCUT2D eigenvalue weighted by Gasteiger charge is 2.20. The molecular weight excluding hydrogens is 318 g/mol. The Bertz CT molecular complexity index is 652. The topological polar surface area (TPSA) is 40.5 Å². The number of hydrogen-bond donors (Lipinski definition) is 1. The molecule has 1 aliphatic heterocycles. The highest BCUT2D eigenvalue weighted by atomic mass is 79.9.